The Labute approximate surface area is 120 Å². The lowest BCUT2D eigenvalue weighted by Crippen LogP contribution is -2.50. The van der Waals surface area contributed by atoms with Crippen molar-refractivity contribution in [1.82, 2.24) is 9.80 Å². The second-order valence-corrected chi connectivity index (χ2v) is 8.33. The summed E-state index contributed by atoms with van der Waals surface area (Å²) in [4.78, 5) is 5.11. The molecule has 1 aliphatic rings. The molecule has 0 aromatic carbocycles. The van der Waals surface area contributed by atoms with Crippen molar-refractivity contribution >= 4 is 0 Å². The van der Waals surface area contributed by atoms with E-state index in [1.165, 1.54) is 6.42 Å². The second-order valence-electron chi connectivity index (χ2n) is 8.33. The van der Waals surface area contributed by atoms with Crippen LogP contribution in [0.1, 0.15) is 54.9 Å². The third-order valence-electron chi connectivity index (χ3n) is 4.48. The predicted octanol–water partition coefficient (Wildman–Crippen LogP) is 2.99. The summed E-state index contributed by atoms with van der Waals surface area (Å²) in [6.07, 6.45) is 1.22. The highest BCUT2D eigenvalue weighted by Gasteiger charge is 2.45. The van der Waals surface area contributed by atoms with E-state index in [1.807, 2.05) is 0 Å². The fourth-order valence-electron chi connectivity index (χ4n) is 3.48. The molecule has 0 aliphatic carbocycles. The van der Waals surface area contributed by atoms with Crippen molar-refractivity contribution < 1.29 is 4.74 Å². The lowest BCUT2D eigenvalue weighted by molar-refractivity contribution is -0.0106. The van der Waals surface area contributed by atoms with Crippen LogP contribution < -0.4 is 0 Å². The van der Waals surface area contributed by atoms with Gasteiger partial charge in [-0.15, -0.1) is 0 Å². The van der Waals surface area contributed by atoms with Crippen molar-refractivity contribution in [3.8, 4) is 0 Å². The molecule has 0 N–H and O–H groups in total. The molecule has 0 bridgehead atoms. The molecule has 114 valence electrons. The Morgan fingerprint density at radius 1 is 1.21 bits per heavy atom. The molecule has 1 saturated heterocycles. The monoisotopic (exact) mass is 270 g/mol. The van der Waals surface area contributed by atoms with Crippen LogP contribution in [0.25, 0.3) is 0 Å². The number of likely N-dealkylation sites (tertiary alicyclic amines) is 1. The normalized spacial score (nSPS) is 25.3. The zero-order valence-corrected chi connectivity index (χ0v) is 14.5. The highest BCUT2D eigenvalue weighted by atomic mass is 16.5. The van der Waals surface area contributed by atoms with Gasteiger partial charge in [0.2, 0.25) is 0 Å². The highest BCUT2D eigenvalue weighted by Crippen LogP contribution is 2.36. The van der Waals surface area contributed by atoms with Crippen LogP contribution in [0.5, 0.6) is 0 Å². The van der Waals surface area contributed by atoms with Gasteiger partial charge in [-0.3, -0.25) is 9.80 Å². The summed E-state index contributed by atoms with van der Waals surface area (Å²) in [5, 5.41) is 0. The molecule has 3 heteroatoms. The first kappa shape index (κ1) is 16.9. The Kier molecular flexibility index (Phi) is 4.76. The summed E-state index contributed by atoms with van der Waals surface area (Å²) >= 11 is 0. The van der Waals surface area contributed by atoms with Crippen LogP contribution in [0.2, 0.25) is 0 Å². The van der Waals surface area contributed by atoms with Crippen LogP contribution >= 0.6 is 0 Å². The van der Waals surface area contributed by atoms with Gasteiger partial charge >= 0.3 is 0 Å². The van der Waals surface area contributed by atoms with E-state index in [9.17, 15) is 0 Å². The number of likely N-dealkylation sites (N-methyl/N-ethyl adjacent to an activating group) is 1. The van der Waals surface area contributed by atoms with Crippen molar-refractivity contribution in [2.75, 3.05) is 27.2 Å². The van der Waals surface area contributed by atoms with E-state index in [4.69, 9.17) is 4.74 Å². The van der Waals surface area contributed by atoms with Gasteiger partial charge in [0, 0.05) is 37.3 Å². The van der Waals surface area contributed by atoms with Gasteiger partial charge < -0.3 is 4.74 Å². The number of nitrogens with zero attached hydrogens (tertiary/aromatic N) is 2. The summed E-state index contributed by atoms with van der Waals surface area (Å²) in [6.45, 7) is 18.1. The Hall–Kier alpha value is -0.120. The van der Waals surface area contributed by atoms with E-state index in [2.05, 4.69) is 65.3 Å². The summed E-state index contributed by atoms with van der Waals surface area (Å²) < 4.78 is 5.56. The first-order valence-electron chi connectivity index (χ1n) is 7.42. The van der Waals surface area contributed by atoms with Crippen molar-refractivity contribution in [3.63, 3.8) is 0 Å². The Morgan fingerprint density at radius 2 is 1.74 bits per heavy atom. The third-order valence-corrected chi connectivity index (χ3v) is 4.48. The zero-order chi connectivity index (χ0) is 15.1. The van der Waals surface area contributed by atoms with Crippen LogP contribution in [0, 0.1) is 0 Å². The van der Waals surface area contributed by atoms with E-state index in [0.29, 0.717) is 6.04 Å². The summed E-state index contributed by atoms with van der Waals surface area (Å²) in [5.41, 5.74) is 0.429. The molecule has 0 saturated carbocycles. The molecule has 1 atom stereocenters. The van der Waals surface area contributed by atoms with E-state index >= 15 is 0 Å². The molecule has 3 nitrogen and oxygen atoms in total. The van der Waals surface area contributed by atoms with E-state index in [0.717, 1.165) is 13.1 Å². The molecule has 0 unspecified atom stereocenters. The van der Waals surface area contributed by atoms with Crippen LogP contribution in [0.4, 0.5) is 0 Å². The highest BCUT2D eigenvalue weighted by molar-refractivity contribution is 5.01. The van der Waals surface area contributed by atoms with Gasteiger partial charge in [0.15, 0.2) is 0 Å². The van der Waals surface area contributed by atoms with Gasteiger partial charge in [0.05, 0.1) is 5.60 Å². The summed E-state index contributed by atoms with van der Waals surface area (Å²) in [6, 6.07) is 0.614. The van der Waals surface area contributed by atoms with Crippen molar-refractivity contribution in [2.45, 2.75) is 77.6 Å². The number of hydrogen-bond donors (Lipinski definition) is 0. The molecular weight excluding hydrogens is 236 g/mol. The number of hydrogen-bond acceptors (Lipinski definition) is 3. The van der Waals surface area contributed by atoms with Crippen LogP contribution in [0.3, 0.4) is 0 Å². The van der Waals surface area contributed by atoms with Gasteiger partial charge in [0.25, 0.3) is 0 Å². The average Bonchev–Trinajstić information content (AvgIpc) is 2.53. The topological polar surface area (TPSA) is 15.7 Å². The van der Waals surface area contributed by atoms with E-state index < -0.39 is 0 Å². The molecule has 19 heavy (non-hydrogen) atoms. The van der Waals surface area contributed by atoms with Gasteiger partial charge in [0.1, 0.15) is 0 Å². The maximum absolute atomic E-state index is 5.56. The molecule has 0 aromatic rings. The van der Waals surface area contributed by atoms with Gasteiger partial charge in [-0.25, -0.2) is 0 Å². The molecule has 0 spiro atoms. The minimum atomic E-state index is -0.0754. The first-order chi connectivity index (χ1) is 8.39. The second kappa shape index (κ2) is 5.34. The Bertz CT molecular complexity index is 304. The largest absolute Gasteiger partial charge is 0.377 e. The summed E-state index contributed by atoms with van der Waals surface area (Å²) in [5.74, 6) is 0. The van der Waals surface area contributed by atoms with Crippen LogP contribution in [-0.4, -0.2) is 59.8 Å². The van der Waals surface area contributed by atoms with Crippen molar-refractivity contribution in [3.05, 3.63) is 0 Å². The van der Waals surface area contributed by atoms with Crippen LogP contribution in [0.15, 0.2) is 0 Å². The Balaban J connectivity index is 2.73. The Morgan fingerprint density at radius 3 is 2.11 bits per heavy atom. The molecular formula is C16H34N2O. The van der Waals surface area contributed by atoms with Crippen molar-refractivity contribution in [2.24, 2.45) is 0 Å². The molecule has 1 fully saturated rings. The van der Waals surface area contributed by atoms with E-state index in [-0.39, 0.29) is 16.7 Å². The van der Waals surface area contributed by atoms with Crippen molar-refractivity contribution in [1.29, 1.82) is 0 Å². The van der Waals surface area contributed by atoms with E-state index in [1.54, 1.807) is 7.11 Å². The molecule has 0 radical (unpaired) electrons. The predicted molar refractivity (Wildman–Crippen MR) is 82.7 cm³/mol. The van der Waals surface area contributed by atoms with Crippen LogP contribution in [-0.2, 0) is 4.74 Å². The maximum atomic E-state index is 5.56. The first-order valence-corrected chi connectivity index (χ1v) is 7.42. The average molecular weight is 270 g/mol. The number of methoxy groups -OCH3 is 1. The minimum Gasteiger partial charge on any atom is -0.377 e. The molecule has 0 aromatic heterocycles. The molecule has 0 amide bonds. The lowest BCUT2D eigenvalue weighted by Gasteiger charge is -2.42. The van der Waals surface area contributed by atoms with Gasteiger partial charge in [-0.05, 0) is 61.9 Å². The molecule has 1 rings (SSSR count). The third kappa shape index (κ3) is 4.17. The lowest BCUT2D eigenvalue weighted by atomic mass is 9.95. The summed E-state index contributed by atoms with van der Waals surface area (Å²) in [7, 11) is 4.03. The van der Waals surface area contributed by atoms with Gasteiger partial charge in [-0.2, -0.15) is 0 Å². The SMILES string of the molecule is COC(C)(C)CN(C)[C@H]1CN(C(C)(C)C)C(C)(C)C1. The quantitative estimate of drug-likeness (QED) is 0.781. The molecule has 1 aliphatic heterocycles. The van der Waals surface area contributed by atoms with Gasteiger partial charge in [-0.1, -0.05) is 0 Å². The minimum absolute atomic E-state index is 0.0754. The smallest absolute Gasteiger partial charge is 0.0749 e. The zero-order valence-electron chi connectivity index (χ0n) is 14.5. The fourth-order valence-corrected chi connectivity index (χ4v) is 3.48. The fraction of sp³-hybridized carbons (Fsp3) is 1.00. The standard InChI is InChI=1S/C16H34N2O/c1-14(2,3)18-11-13(10-15(18,4)5)17(8)12-16(6,7)19-9/h13H,10-12H2,1-9H3/t13-/m1/s1. The maximum Gasteiger partial charge on any atom is 0.0749 e. The number of rotatable bonds is 4. The number of ether oxygens (including phenoxy) is 1. The molecule has 1 heterocycles.